The van der Waals surface area contributed by atoms with Gasteiger partial charge in [-0.25, -0.2) is 0 Å². The number of rotatable bonds is 1. The summed E-state index contributed by atoms with van der Waals surface area (Å²) < 4.78 is 1.77. The summed E-state index contributed by atoms with van der Waals surface area (Å²) in [5, 5.41) is 4.41. The van der Waals surface area contributed by atoms with Crippen LogP contribution in [0, 0.1) is 0 Å². The van der Waals surface area contributed by atoms with Gasteiger partial charge in [-0.2, -0.15) is 5.10 Å². The minimum absolute atomic E-state index is 0.473. The van der Waals surface area contributed by atoms with Gasteiger partial charge in [-0.1, -0.05) is 0 Å². The Hall–Kier alpha value is -1.23. The van der Waals surface area contributed by atoms with E-state index in [0.717, 1.165) is 31.1 Å². The Morgan fingerprint density at radius 2 is 2.13 bits per heavy atom. The lowest BCUT2D eigenvalue weighted by Gasteiger charge is -2.38. The number of anilines is 2. The van der Waals surface area contributed by atoms with Gasteiger partial charge in [0.25, 0.3) is 0 Å². The van der Waals surface area contributed by atoms with Crippen LogP contribution in [0.4, 0.5) is 11.5 Å². The minimum atomic E-state index is 0.473. The van der Waals surface area contributed by atoms with Gasteiger partial charge in [-0.05, 0) is 14.0 Å². The third-order valence-corrected chi connectivity index (χ3v) is 2.94. The van der Waals surface area contributed by atoms with E-state index in [0.29, 0.717) is 6.04 Å². The van der Waals surface area contributed by atoms with Crippen molar-refractivity contribution in [3.8, 4) is 0 Å². The normalized spacial score (nSPS) is 23.4. The predicted molar refractivity (Wildman–Crippen MR) is 61.9 cm³/mol. The van der Waals surface area contributed by atoms with E-state index in [9.17, 15) is 0 Å². The van der Waals surface area contributed by atoms with Gasteiger partial charge < -0.3 is 15.5 Å². The molecule has 0 aromatic carbocycles. The van der Waals surface area contributed by atoms with E-state index in [1.54, 1.807) is 4.68 Å². The highest BCUT2D eigenvalue weighted by atomic mass is 15.4. The maximum Gasteiger partial charge on any atom is 0.174 e. The summed E-state index contributed by atoms with van der Waals surface area (Å²) in [5.41, 5.74) is 6.70. The van der Waals surface area contributed by atoms with Crippen LogP contribution in [-0.2, 0) is 7.05 Å². The standard InChI is InChI=1S/C10H19N5/c1-8-6-13(2)4-5-15(8)10-9(11)7-14(3)12-10/h7-8H,4-6,11H2,1-3H3. The number of nitrogens with zero attached hydrogens (tertiary/aromatic N) is 4. The van der Waals surface area contributed by atoms with Crippen molar-refractivity contribution >= 4 is 11.5 Å². The molecule has 1 atom stereocenters. The van der Waals surface area contributed by atoms with Crippen LogP contribution in [0.1, 0.15) is 6.92 Å². The molecule has 5 heteroatoms. The zero-order valence-electron chi connectivity index (χ0n) is 9.64. The van der Waals surface area contributed by atoms with Gasteiger partial charge in [0.15, 0.2) is 5.82 Å². The van der Waals surface area contributed by atoms with Crippen molar-refractivity contribution in [3.05, 3.63) is 6.20 Å². The molecule has 0 amide bonds. The maximum atomic E-state index is 5.93. The summed E-state index contributed by atoms with van der Waals surface area (Å²) in [4.78, 5) is 4.62. The lowest BCUT2D eigenvalue weighted by atomic mass is 10.2. The number of nitrogen functional groups attached to an aromatic ring is 1. The zero-order chi connectivity index (χ0) is 11.0. The molecular weight excluding hydrogens is 190 g/mol. The first-order valence-corrected chi connectivity index (χ1v) is 5.32. The first kappa shape index (κ1) is 10.3. The van der Waals surface area contributed by atoms with E-state index in [1.807, 2.05) is 13.2 Å². The van der Waals surface area contributed by atoms with Gasteiger partial charge in [0, 0.05) is 38.9 Å². The van der Waals surface area contributed by atoms with Gasteiger partial charge in [0.05, 0.1) is 5.69 Å². The molecule has 15 heavy (non-hydrogen) atoms. The third-order valence-electron chi connectivity index (χ3n) is 2.94. The molecule has 1 aromatic heterocycles. The molecule has 2 heterocycles. The van der Waals surface area contributed by atoms with Gasteiger partial charge in [-0.3, -0.25) is 4.68 Å². The van der Waals surface area contributed by atoms with Crippen LogP contribution >= 0.6 is 0 Å². The van der Waals surface area contributed by atoms with Crippen LogP contribution < -0.4 is 10.6 Å². The van der Waals surface area contributed by atoms with Gasteiger partial charge in [0.2, 0.25) is 0 Å². The minimum Gasteiger partial charge on any atom is -0.394 e. The lowest BCUT2D eigenvalue weighted by molar-refractivity contribution is 0.274. The first-order valence-electron chi connectivity index (χ1n) is 5.32. The van der Waals surface area contributed by atoms with E-state index in [-0.39, 0.29) is 0 Å². The molecule has 0 radical (unpaired) electrons. The Balaban J connectivity index is 2.20. The van der Waals surface area contributed by atoms with E-state index >= 15 is 0 Å². The highest BCUT2D eigenvalue weighted by molar-refractivity contribution is 5.62. The van der Waals surface area contributed by atoms with Crippen LogP contribution in [-0.4, -0.2) is 47.4 Å². The van der Waals surface area contributed by atoms with Gasteiger partial charge in [0.1, 0.15) is 0 Å². The van der Waals surface area contributed by atoms with Crippen molar-refractivity contribution in [2.75, 3.05) is 37.3 Å². The summed E-state index contributed by atoms with van der Waals surface area (Å²) >= 11 is 0. The fraction of sp³-hybridized carbons (Fsp3) is 0.700. The topological polar surface area (TPSA) is 50.3 Å². The smallest absolute Gasteiger partial charge is 0.174 e. The number of nitrogens with two attached hydrogens (primary N) is 1. The van der Waals surface area contributed by atoms with Crippen molar-refractivity contribution in [2.24, 2.45) is 7.05 Å². The van der Waals surface area contributed by atoms with Crippen molar-refractivity contribution in [1.29, 1.82) is 0 Å². The molecule has 1 aliphatic heterocycles. The molecule has 84 valence electrons. The van der Waals surface area contributed by atoms with Crippen LogP contribution in [0.3, 0.4) is 0 Å². The molecule has 0 aliphatic carbocycles. The van der Waals surface area contributed by atoms with Crippen molar-refractivity contribution in [1.82, 2.24) is 14.7 Å². The second-order valence-electron chi connectivity index (χ2n) is 4.39. The number of hydrogen-bond donors (Lipinski definition) is 1. The van der Waals surface area contributed by atoms with E-state index in [4.69, 9.17) is 5.73 Å². The van der Waals surface area contributed by atoms with Crippen molar-refractivity contribution in [3.63, 3.8) is 0 Å². The van der Waals surface area contributed by atoms with Crippen LogP contribution in [0.5, 0.6) is 0 Å². The third kappa shape index (κ3) is 1.92. The summed E-state index contributed by atoms with van der Waals surface area (Å²) in [6.45, 7) is 5.35. The number of hydrogen-bond acceptors (Lipinski definition) is 4. The Kier molecular flexibility index (Phi) is 2.56. The Morgan fingerprint density at radius 1 is 1.40 bits per heavy atom. The number of piperazine rings is 1. The molecule has 2 rings (SSSR count). The largest absolute Gasteiger partial charge is 0.394 e. The second-order valence-corrected chi connectivity index (χ2v) is 4.39. The van der Waals surface area contributed by atoms with E-state index in [1.165, 1.54) is 0 Å². The summed E-state index contributed by atoms with van der Waals surface area (Å²) in [7, 11) is 4.05. The van der Waals surface area contributed by atoms with Crippen molar-refractivity contribution < 1.29 is 0 Å². The molecular formula is C10H19N5. The second kappa shape index (κ2) is 3.73. The van der Waals surface area contributed by atoms with Gasteiger partial charge in [-0.15, -0.1) is 0 Å². The molecule has 1 fully saturated rings. The van der Waals surface area contributed by atoms with Gasteiger partial charge >= 0.3 is 0 Å². The number of aromatic nitrogens is 2. The van der Waals surface area contributed by atoms with Crippen LogP contribution in [0.2, 0.25) is 0 Å². The summed E-state index contributed by atoms with van der Waals surface area (Å²) in [6.07, 6.45) is 1.86. The average molecular weight is 209 g/mol. The fourth-order valence-electron chi connectivity index (χ4n) is 2.17. The maximum absolute atomic E-state index is 5.93. The predicted octanol–water partition coefficient (Wildman–Crippen LogP) is 0.143. The highest BCUT2D eigenvalue weighted by Gasteiger charge is 2.24. The molecule has 1 unspecified atom stereocenters. The zero-order valence-corrected chi connectivity index (χ0v) is 9.64. The lowest BCUT2D eigenvalue weighted by Crippen LogP contribution is -2.50. The van der Waals surface area contributed by atoms with E-state index < -0.39 is 0 Å². The Bertz CT molecular complexity index is 346. The molecule has 0 spiro atoms. The van der Waals surface area contributed by atoms with Crippen molar-refractivity contribution in [2.45, 2.75) is 13.0 Å². The SMILES string of the molecule is CC1CN(C)CCN1c1nn(C)cc1N. The Morgan fingerprint density at radius 3 is 2.67 bits per heavy atom. The highest BCUT2D eigenvalue weighted by Crippen LogP contribution is 2.24. The molecule has 0 bridgehead atoms. The monoisotopic (exact) mass is 209 g/mol. The number of aryl methyl sites for hydroxylation is 1. The Labute approximate surface area is 90.4 Å². The van der Waals surface area contributed by atoms with E-state index in [2.05, 4.69) is 28.9 Å². The number of likely N-dealkylation sites (N-methyl/N-ethyl adjacent to an activating group) is 1. The summed E-state index contributed by atoms with van der Waals surface area (Å²) in [5.74, 6) is 0.929. The fourth-order valence-corrected chi connectivity index (χ4v) is 2.17. The van der Waals surface area contributed by atoms with Crippen LogP contribution in [0.15, 0.2) is 6.20 Å². The molecule has 1 aliphatic rings. The first-order chi connectivity index (χ1) is 7.08. The molecule has 0 saturated carbocycles. The average Bonchev–Trinajstić information content (AvgIpc) is 2.45. The molecule has 5 nitrogen and oxygen atoms in total. The summed E-state index contributed by atoms with van der Waals surface area (Å²) in [6, 6.07) is 0.473. The van der Waals surface area contributed by atoms with Crippen LogP contribution in [0.25, 0.3) is 0 Å². The molecule has 2 N–H and O–H groups in total. The quantitative estimate of drug-likeness (QED) is 0.715. The molecule has 1 aromatic rings. The molecule has 1 saturated heterocycles.